The smallest absolute Gasteiger partial charge is 0.251 e. The predicted octanol–water partition coefficient (Wildman–Crippen LogP) is 2.42. The van der Waals surface area contributed by atoms with E-state index in [-0.39, 0.29) is 12.2 Å². The first kappa shape index (κ1) is 14.3. The minimum Gasteiger partial charge on any atom is -0.399 e. The number of aromatic nitrogens is 1. The molecule has 1 heterocycles. The molecule has 22 heavy (non-hydrogen) atoms. The summed E-state index contributed by atoms with van der Waals surface area (Å²) in [5.41, 5.74) is 8.06. The number of pyridine rings is 1. The summed E-state index contributed by atoms with van der Waals surface area (Å²) >= 11 is 0. The van der Waals surface area contributed by atoms with Gasteiger partial charge in [-0.2, -0.15) is 0 Å². The van der Waals surface area contributed by atoms with Gasteiger partial charge in [0.15, 0.2) is 0 Å². The Morgan fingerprint density at radius 1 is 1.18 bits per heavy atom. The van der Waals surface area contributed by atoms with Crippen LogP contribution in [0.4, 0.5) is 10.1 Å². The van der Waals surface area contributed by atoms with Gasteiger partial charge in [0.05, 0.1) is 12.1 Å². The van der Waals surface area contributed by atoms with Crippen LogP contribution >= 0.6 is 0 Å². The molecule has 0 amide bonds. The van der Waals surface area contributed by atoms with Crippen molar-refractivity contribution >= 4 is 16.6 Å². The molecule has 0 aliphatic heterocycles. The maximum absolute atomic E-state index is 14.5. The van der Waals surface area contributed by atoms with Gasteiger partial charge in [-0.05, 0) is 35.4 Å². The fraction of sp³-hybridized carbons (Fsp3) is 0.118. The third kappa shape index (κ3) is 2.25. The van der Waals surface area contributed by atoms with Crippen LogP contribution in [-0.2, 0) is 13.7 Å². The minimum absolute atomic E-state index is 0.244. The van der Waals surface area contributed by atoms with E-state index in [1.165, 1.54) is 16.7 Å². The molecule has 0 radical (unpaired) electrons. The van der Waals surface area contributed by atoms with E-state index < -0.39 is 5.82 Å². The Morgan fingerprint density at radius 3 is 2.50 bits per heavy atom. The van der Waals surface area contributed by atoms with Gasteiger partial charge in [0.1, 0.15) is 5.82 Å². The zero-order valence-corrected chi connectivity index (χ0v) is 12.0. The number of aryl methyl sites for hydroxylation is 1. The highest BCUT2D eigenvalue weighted by atomic mass is 19.1. The fourth-order valence-electron chi connectivity index (χ4n) is 2.55. The average Bonchev–Trinajstić information content (AvgIpc) is 2.51. The monoisotopic (exact) mass is 298 g/mol. The first-order chi connectivity index (χ1) is 10.5. The van der Waals surface area contributed by atoms with Crippen LogP contribution in [0.25, 0.3) is 22.0 Å². The molecular formula is C17H15FN2O2. The predicted molar refractivity (Wildman–Crippen MR) is 84.9 cm³/mol. The summed E-state index contributed by atoms with van der Waals surface area (Å²) in [6.07, 6.45) is 0. The van der Waals surface area contributed by atoms with E-state index in [1.807, 2.05) is 0 Å². The number of halogens is 1. The third-order valence-electron chi connectivity index (χ3n) is 3.81. The van der Waals surface area contributed by atoms with Crippen LogP contribution < -0.4 is 11.3 Å². The summed E-state index contributed by atoms with van der Waals surface area (Å²) < 4.78 is 15.9. The van der Waals surface area contributed by atoms with Crippen LogP contribution in [0.15, 0.2) is 47.3 Å². The number of nitrogen functional groups attached to an aromatic ring is 1. The van der Waals surface area contributed by atoms with Gasteiger partial charge in [-0.15, -0.1) is 0 Å². The molecule has 0 spiro atoms. The van der Waals surface area contributed by atoms with E-state index in [9.17, 15) is 14.3 Å². The molecule has 3 rings (SSSR count). The van der Waals surface area contributed by atoms with Crippen molar-refractivity contribution in [2.45, 2.75) is 6.61 Å². The fourth-order valence-corrected chi connectivity index (χ4v) is 2.55. The summed E-state index contributed by atoms with van der Waals surface area (Å²) in [5.74, 6) is -0.411. The molecule has 3 N–H and O–H groups in total. The first-order valence-corrected chi connectivity index (χ1v) is 6.80. The van der Waals surface area contributed by atoms with Crippen molar-refractivity contribution in [2.75, 3.05) is 5.73 Å². The van der Waals surface area contributed by atoms with Gasteiger partial charge in [-0.1, -0.05) is 12.1 Å². The summed E-state index contributed by atoms with van der Waals surface area (Å²) in [6.45, 7) is -0.312. The molecular weight excluding hydrogens is 283 g/mol. The Morgan fingerprint density at radius 2 is 1.86 bits per heavy atom. The molecule has 1 aromatic heterocycles. The minimum atomic E-state index is -0.411. The normalized spacial score (nSPS) is 11.0. The second kappa shape index (κ2) is 5.27. The van der Waals surface area contributed by atoms with Gasteiger partial charge in [0, 0.05) is 29.8 Å². The number of hydrogen-bond donors (Lipinski definition) is 2. The molecule has 3 aromatic rings. The van der Waals surface area contributed by atoms with Gasteiger partial charge < -0.3 is 15.4 Å². The number of benzene rings is 2. The maximum Gasteiger partial charge on any atom is 0.251 e. The molecule has 4 nitrogen and oxygen atoms in total. The Bertz CT molecular complexity index is 915. The molecule has 0 saturated heterocycles. The lowest BCUT2D eigenvalue weighted by molar-refractivity contribution is 0.283. The summed E-state index contributed by atoms with van der Waals surface area (Å²) in [6, 6.07) is 11.2. The molecule has 0 saturated carbocycles. The van der Waals surface area contributed by atoms with E-state index in [0.717, 1.165) is 0 Å². The van der Waals surface area contributed by atoms with Crippen molar-refractivity contribution in [2.24, 2.45) is 7.05 Å². The van der Waals surface area contributed by atoms with Gasteiger partial charge in [0.2, 0.25) is 0 Å². The number of rotatable bonds is 2. The van der Waals surface area contributed by atoms with Crippen molar-refractivity contribution < 1.29 is 9.50 Å². The Balaban J connectivity index is 2.34. The number of aliphatic hydroxyl groups is 1. The van der Waals surface area contributed by atoms with Crippen LogP contribution in [0.2, 0.25) is 0 Å². The molecule has 0 aliphatic rings. The number of aliphatic hydroxyl groups excluding tert-OH is 1. The van der Waals surface area contributed by atoms with Crippen LogP contribution in [0.3, 0.4) is 0 Å². The Labute approximate surface area is 126 Å². The van der Waals surface area contributed by atoms with Gasteiger partial charge in [-0.25, -0.2) is 4.39 Å². The molecule has 2 aromatic carbocycles. The summed E-state index contributed by atoms with van der Waals surface area (Å²) in [5, 5.41) is 9.90. The van der Waals surface area contributed by atoms with Gasteiger partial charge in [0.25, 0.3) is 5.56 Å². The summed E-state index contributed by atoms with van der Waals surface area (Å²) in [7, 11) is 1.62. The number of hydrogen-bond acceptors (Lipinski definition) is 3. The van der Waals surface area contributed by atoms with E-state index in [2.05, 4.69) is 0 Å². The zero-order chi connectivity index (χ0) is 15.9. The third-order valence-corrected chi connectivity index (χ3v) is 3.81. The van der Waals surface area contributed by atoms with Crippen molar-refractivity contribution in [3.05, 3.63) is 64.2 Å². The van der Waals surface area contributed by atoms with Crippen molar-refractivity contribution in [3.63, 3.8) is 0 Å². The highest BCUT2D eigenvalue weighted by Gasteiger charge is 2.12. The molecule has 0 unspecified atom stereocenters. The van der Waals surface area contributed by atoms with E-state index >= 15 is 0 Å². The molecule has 5 heteroatoms. The highest BCUT2D eigenvalue weighted by molar-refractivity contribution is 5.87. The van der Waals surface area contributed by atoms with Crippen molar-refractivity contribution in [3.8, 4) is 11.1 Å². The standard InChI is InChI=1S/C17H15FN2O2/c1-20-16-8-13(10-2-4-12(19)5-3-10)15(18)7-14(16)11(9-21)6-17(20)22/h2-8,21H,9,19H2,1H3. The second-order valence-corrected chi connectivity index (χ2v) is 5.20. The largest absolute Gasteiger partial charge is 0.399 e. The summed E-state index contributed by atoms with van der Waals surface area (Å²) in [4.78, 5) is 11.9. The quantitative estimate of drug-likeness (QED) is 0.714. The topological polar surface area (TPSA) is 68.2 Å². The average molecular weight is 298 g/mol. The van der Waals surface area contributed by atoms with E-state index in [4.69, 9.17) is 5.73 Å². The second-order valence-electron chi connectivity index (χ2n) is 5.20. The lowest BCUT2D eigenvalue weighted by atomic mass is 10.0. The van der Waals surface area contributed by atoms with Crippen LogP contribution in [0.1, 0.15) is 5.56 Å². The highest BCUT2D eigenvalue weighted by Crippen LogP contribution is 2.29. The molecule has 0 atom stereocenters. The lowest BCUT2D eigenvalue weighted by Crippen LogP contribution is -2.17. The number of anilines is 1. The van der Waals surface area contributed by atoms with Gasteiger partial charge in [-0.3, -0.25) is 4.79 Å². The van der Waals surface area contributed by atoms with Crippen LogP contribution in [0, 0.1) is 5.82 Å². The number of nitrogens with two attached hydrogens (primary N) is 1. The molecule has 0 bridgehead atoms. The number of fused-ring (bicyclic) bond motifs is 1. The molecule has 0 fully saturated rings. The first-order valence-electron chi connectivity index (χ1n) is 6.80. The van der Waals surface area contributed by atoms with Crippen molar-refractivity contribution in [1.29, 1.82) is 0 Å². The Kier molecular flexibility index (Phi) is 3.42. The lowest BCUT2D eigenvalue weighted by Gasteiger charge is -2.12. The van der Waals surface area contributed by atoms with Crippen LogP contribution in [0.5, 0.6) is 0 Å². The molecule has 112 valence electrons. The van der Waals surface area contributed by atoms with Crippen molar-refractivity contribution in [1.82, 2.24) is 4.57 Å². The SMILES string of the molecule is Cn1c(=O)cc(CO)c2cc(F)c(-c3ccc(N)cc3)cc21. The maximum atomic E-state index is 14.5. The van der Waals surface area contributed by atoms with Crippen LogP contribution in [-0.4, -0.2) is 9.67 Å². The van der Waals surface area contributed by atoms with E-state index in [0.29, 0.717) is 33.3 Å². The van der Waals surface area contributed by atoms with Gasteiger partial charge >= 0.3 is 0 Å². The van der Waals surface area contributed by atoms with E-state index in [1.54, 1.807) is 37.4 Å². The number of nitrogens with zero attached hydrogens (tertiary/aromatic N) is 1. The molecule has 0 aliphatic carbocycles. The zero-order valence-electron chi connectivity index (χ0n) is 12.0. The Hall–Kier alpha value is -2.66.